The van der Waals surface area contributed by atoms with Crippen molar-refractivity contribution in [2.75, 3.05) is 37.9 Å². The highest BCUT2D eigenvalue weighted by Crippen LogP contribution is 2.20. The number of urea groups is 1. The van der Waals surface area contributed by atoms with Crippen LogP contribution in [0, 0.1) is 0 Å². The van der Waals surface area contributed by atoms with E-state index < -0.39 is 12.1 Å². The summed E-state index contributed by atoms with van der Waals surface area (Å²) in [6, 6.07) is 2.99. The molecule has 0 saturated carbocycles. The molecule has 0 radical (unpaired) electrons. The number of hydrogen-bond acceptors (Lipinski definition) is 6. The number of likely N-dealkylation sites (N-methyl/N-ethyl adjacent to an activating group) is 1. The van der Waals surface area contributed by atoms with Crippen molar-refractivity contribution in [2.45, 2.75) is 19.6 Å². The zero-order valence-electron chi connectivity index (χ0n) is 14.6. The van der Waals surface area contributed by atoms with Crippen LogP contribution < -0.4 is 15.4 Å². The quantitative estimate of drug-likeness (QED) is 0.663. The normalized spacial score (nSPS) is 12.0. The first-order chi connectivity index (χ1) is 12.0. The fraction of sp³-hybridized carbons (Fsp3) is 0.438. The van der Waals surface area contributed by atoms with Crippen LogP contribution in [-0.4, -0.2) is 64.2 Å². The lowest BCUT2D eigenvalue weighted by Gasteiger charge is -2.15. The van der Waals surface area contributed by atoms with Gasteiger partial charge in [0.15, 0.2) is 0 Å². The molecule has 0 saturated heterocycles. The molecule has 0 aromatic carbocycles. The number of amides is 2. The molecule has 0 aliphatic heterocycles. The lowest BCUT2D eigenvalue weighted by Crippen LogP contribution is -2.29. The second-order valence-corrected chi connectivity index (χ2v) is 5.74. The number of hydrogen-bond donors (Lipinski definition) is 3. The second-order valence-electron chi connectivity index (χ2n) is 5.74. The first-order valence-corrected chi connectivity index (χ1v) is 7.99. The number of anilines is 2. The van der Waals surface area contributed by atoms with Crippen molar-refractivity contribution in [1.82, 2.24) is 19.7 Å². The van der Waals surface area contributed by atoms with Crippen LogP contribution in [0.5, 0.6) is 5.88 Å². The summed E-state index contributed by atoms with van der Waals surface area (Å²) in [4.78, 5) is 18.1. The molecule has 1 atom stereocenters. The minimum Gasteiger partial charge on any atom is -0.476 e. The molecule has 136 valence electrons. The summed E-state index contributed by atoms with van der Waals surface area (Å²) in [6.07, 6.45) is 4.23. The molecule has 2 aromatic heterocycles. The van der Waals surface area contributed by atoms with Gasteiger partial charge in [0.1, 0.15) is 5.69 Å². The molecule has 2 aromatic rings. The molecule has 0 unspecified atom stereocenters. The van der Waals surface area contributed by atoms with Gasteiger partial charge in [0.25, 0.3) is 0 Å². The highest BCUT2D eigenvalue weighted by molar-refractivity contribution is 6.00. The number of aliphatic hydroxyl groups excluding tert-OH is 1. The molecule has 0 bridgehead atoms. The van der Waals surface area contributed by atoms with Gasteiger partial charge in [0, 0.05) is 18.9 Å². The van der Waals surface area contributed by atoms with Gasteiger partial charge in [-0.2, -0.15) is 5.10 Å². The van der Waals surface area contributed by atoms with E-state index >= 15 is 0 Å². The summed E-state index contributed by atoms with van der Waals surface area (Å²) in [5.74, 6) is 0.364. The molecular formula is C16H24N6O3. The number of carbonyl (C=O) groups excluding carboxylic acids is 1. The Morgan fingerprint density at radius 1 is 1.44 bits per heavy atom. The summed E-state index contributed by atoms with van der Waals surface area (Å²) in [6.45, 7) is 3.18. The summed E-state index contributed by atoms with van der Waals surface area (Å²) in [5.41, 5.74) is 1.01. The van der Waals surface area contributed by atoms with Crippen molar-refractivity contribution in [3.63, 3.8) is 0 Å². The largest absolute Gasteiger partial charge is 0.476 e. The van der Waals surface area contributed by atoms with Crippen molar-refractivity contribution in [1.29, 1.82) is 0 Å². The fourth-order valence-electron chi connectivity index (χ4n) is 2.25. The van der Waals surface area contributed by atoms with Crippen LogP contribution in [0.2, 0.25) is 0 Å². The summed E-state index contributed by atoms with van der Waals surface area (Å²) in [7, 11) is 3.77. The van der Waals surface area contributed by atoms with E-state index in [-0.39, 0.29) is 0 Å². The number of pyridine rings is 1. The van der Waals surface area contributed by atoms with Crippen LogP contribution in [0.25, 0.3) is 0 Å². The smallest absolute Gasteiger partial charge is 0.323 e. The molecule has 2 heterocycles. The molecule has 0 fully saturated rings. The first kappa shape index (κ1) is 18.7. The molecule has 2 rings (SSSR count). The Morgan fingerprint density at radius 3 is 2.96 bits per heavy atom. The molecule has 2 amide bonds. The average molecular weight is 348 g/mol. The predicted molar refractivity (Wildman–Crippen MR) is 94.8 cm³/mol. The average Bonchev–Trinajstić information content (AvgIpc) is 2.95. The molecule has 3 N–H and O–H groups in total. The first-order valence-electron chi connectivity index (χ1n) is 7.99. The van der Waals surface area contributed by atoms with Gasteiger partial charge in [-0.05, 0) is 33.2 Å². The number of ether oxygens (including phenoxy) is 1. The number of nitrogens with zero attached hydrogens (tertiary/aromatic N) is 4. The third-order valence-electron chi connectivity index (χ3n) is 3.17. The molecule has 0 aliphatic carbocycles. The summed E-state index contributed by atoms with van der Waals surface area (Å²) < 4.78 is 6.95. The van der Waals surface area contributed by atoms with E-state index in [4.69, 9.17) is 4.74 Å². The number of nitrogens with one attached hydrogen (secondary N) is 2. The van der Waals surface area contributed by atoms with E-state index in [1.165, 1.54) is 6.20 Å². The van der Waals surface area contributed by atoms with Crippen molar-refractivity contribution in [2.24, 2.45) is 0 Å². The van der Waals surface area contributed by atoms with Gasteiger partial charge in [-0.15, -0.1) is 0 Å². The van der Waals surface area contributed by atoms with Crippen LogP contribution in [0.1, 0.15) is 6.92 Å². The Hall–Kier alpha value is -2.65. The molecular weight excluding hydrogens is 324 g/mol. The van der Waals surface area contributed by atoms with Crippen LogP contribution in [-0.2, 0) is 6.54 Å². The van der Waals surface area contributed by atoms with Crippen LogP contribution in [0.4, 0.5) is 16.2 Å². The van der Waals surface area contributed by atoms with E-state index in [1.54, 1.807) is 29.2 Å². The highest BCUT2D eigenvalue weighted by atomic mass is 16.5. The van der Waals surface area contributed by atoms with Gasteiger partial charge in [-0.3, -0.25) is 4.68 Å². The third kappa shape index (κ3) is 6.05. The van der Waals surface area contributed by atoms with E-state index in [0.717, 1.165) is 0 Å². The fourth-order valence-corrected chi connectivity index (χ4v) is 2.25. The minimum atomic E-state index is -0.541. The summed E-state index contributed by atoms with van der Waals surface area (Å²) in [5, 5.41) is 19.4. The maximum atomic E-state index is 12.1. The zero-order valence-corrected chi connectivity index (χ0v) is 14.6. The molecule has 0 aliphatic rings. The van der Waals surface area contributed by atoms with Crippen LogP contribution in [0.3, 0.4) is 0 Å². The third-order valence-corrected chi connectivity index (χ3v) is 3.17. The predicted octanol–water partition coefficient (Wildman–Crippen LogP) is 1.24. The van der Waals surface area contributed by atoms with Crippen molar-refractivity contribution < 1.29 is 14.6 Å². The Bertz CT molecular complexity index is 688. The van der Waals surface area contributed by atoms with Gasteiger partial charge < -0.3 is 25.4 Å². The van der Waals surface area contributed by atoms with Gasteiger partial charge in [-0.1, -0.05) is 0 Å². The number of aliphatic hydroxyl groups is 1. The van der Waals surface area contributed by atoms with Gasteiger partial charge in [0.05, 0.1) is 31.1 Å². The molecule has 9 heteroatoms. The lowest BCUT2D eigenvalue weighted by atomic mass is 10.3. The molecule has 0 spiro atoms. The van der Waals surface area contributed by atoms with E-state index in [9.17, 15) is 9.90 Å². The van der Waals surface area contributed by atoms with Crippen LogP contribution >= 0.6 is 0 Å². The van der Waals surface area contributed by atoms with E-state index in [0.29, 0.717) is 37.0 Å². The highest BCUT2D eigenvalue weighted by Gasteiger charge is 2.11. The Balaban J connectivity index is 1.91. The lowest BCUT2D eigenvalue weighted by molar-refractivity contribution is 0.116. The summed E-state index contributed by atoms with van der Waals surface area (Å²) >= 11 is 0. The van der Waals surface area contributed by atoms with Crippen molar-refractivity contribution in [3.8, 4) is 5.88 Å². The minimum absolute atomic E-state index is 0.346. The van der Waals surface area contributed by atoms with Gasteiger partial charge in [-0.25, -0.2) is 9.78 Å². The second kappa shape index (κ2) is 9.00. The SMILES string of the molecule is CCOc1ncccc1NC(=O)Nc1cnn(C[C@H](O)CN(C)C)c1. The van der Waals surface area contributed by atoms with Gasteiger partial charge in [0.2, 0.25) is 5.88 Å². The van der Waals surface area contributed by atoms with Gasteiger partial charge >= 0.3 is 6.03 Å². The molecule has 25 heavy (non-hydrogen) atoms. The number of aromatic nitrogens is 3. The maximum Gasteiger partial charge on any atom is 0.323 e. The van der Waals surface area contributed by atoms with Crippen molar-refractivity contribution >= 4 is 17.4 Å². The van der Waals surface area contributed by atoms with Crippen LogP contribution in [0.15, 0.2) is 30.7 Å². The zero-order chi connectivity index (χ0) is 18.2. The number of rotatable bonds is 8. The van der Waals surface area contributed by atoms with E-state index in [1.807, 2.05) is 25.9 Å². The Kier molecular flexibility index (Phi) is 6.72. The van der Waals surface area contributed by atoms with Crippen molar-refractivity contribution in [3.05, 3.63) is 30.7 Å². The Labute approximate surface area is 146 Å². The van der Waals surface area contributed by atoms with E-state index in [2.05, 4.69) is 20.7 Å². The topological polar surface area (TPSA) is 105 Å². The Morgan fingerprint density at radius 2 is 2.24 bits per heavy atom. The maximum absolute atomic E-state index is 12.1. The number of carbonyl (C=O) groups is 1. The monoisotopic (exact) mass is 348 g/mol. The molecule has 9 nitrogen and oxygen atoms in total. The standard InChI is InChI=1S/C16H24N6O3/c1-4-25-15-14(6-5-7-17-15)20-16(24)19-12-8-18-22(9-12)11-13(23)10-21(2)3/h5-9,13,23H,4,10-11H2,1-3H3,(H2,19,20,24)/t13-/m1/s1.